The zero-order valence-electron chi connectivity index (χ0n) is 22.7. The van der Waals surface area contributed by atoms with Gasteiger partial charge < -0.3 is 20.1 Å². The van der Waals surface area contributed by atoms with Crippen molar-refractivity contribution in [2.45, 2.75) is 110 Å². The molecule has 0 heterocycles. The Bertz CT molecular complexity index is 878. The first-order valence-electron chi connectivity index (χ1n) is 13.9. The van der Waals surface area contributed by atoms with Gasteiger partial charge in [-0.1, -0.05) is 58.4 Å². The number of rotatable bonds is 8. The van der Waals surface area contributed by atoms with Crippen molar-refractivity contribution < 1.29 is 24.9 Å². The molecule has 0 spiro atoms. The maximum atomic E-state index is 11.6. The molecule has 198 valence electrons. The van der Waals surface area contributed by atoms with E-state index in [1.54, 1.807) is 0 Å². The van der Waals surface area contributed by atoms with E-state index in [0.29, 0.717) is 42.4 Å². The fraction of sp³-hybridized carbons (Fsp3) is 0.833. The van der Waals surface area contributed by atoms with E-state index >= 15 is 0 Å². The van der Waals surface area contributed by atoms with E-state index in [1.165, 1.54) is 38.2 Å². The average molecular weight is 489 g/mol. The third-order valence-corrected chi connectivity index (χ3v) is 10.9. The van der Waals surface area contributed by atoms with Crippen LogP contribution in [0.3, 0.4) is 0 Å². The van der Waals surface area contributed by atoms with Gasteiger partial charge in [0, 0.05) is 18.8 Å². The smallest absolute Gasteiger partial charge is 0.303 e. The van der Waals surface area contributed by atoms with Crippen LogP contribution >= 0.6 is 0 Å². The highest BCUT2D eigenvalue weighted by Gasteiger charge is 2.83. The van der Waals surface area contributed by atoms with Gasteiger partial charge in [-0.2, -0.15) is 0 Å². The summed E-state index contributed by atoms with van der Waals surface area (Å²) in [5.74, 6) is 2.51. The molecule has 4 aliphatic carbocycles. The number of hydrogen-bond acceptors (Lipinski definition) is 5. The Morgan fingerprint density at radius 3 is 2.51 bits per heavy atom. The monoisotopic (exact) mass is 488 g/mol. The van der Waals surface area contributed by atoms with Crippen LogP contribution in [-0.2, 0) is 9.53 Å². The second kappa shape index (κ2) is 9.29. The van der Waals surface area contributed by atoms with Crippen LogP contribution in [0, 0.1) is 40.4 Å². The largest absolute Gasteiger partial charge is 0.459 e. The summed E-state index contributed by atoms with van der Waals surface area (Å²) in [6.07, 6.45) is 13.4. The van der Waals surface area contributed by atoms with Crippen LogP contribution in [-0.4, -0.2) is 45.2 Å². The van der Waals surface area contributed by atoms with Crippen LogP contribution in [0.2, 0.25) is 0 Å². The summed E-state index contributed by atoms with van der Waals surface area (Å²) < 4.78 is 5.34. The number of aliphatic hydroxyl groups is 3. The summed E-state index contributed by atoms with van der Waals surface area (Å²) in [6, 6.07) is 0. The quantitative estimate of drug-likeness (QED) is 0.324. The minimum atomic E-state index is -1.60. The van der Waals surface area contributed by atoms with E-state index < -0.39 is 35.3 Å². The molecule has 4 fully saturated rings. The second-order valence-electron chi connectivity index (χ2n) is 13.1. The molecular weight excluding hydrogens is 440 g/mol. The summed E-state index contributed by atoms with van der Waals surface area (Å²) in [5.41, 5.74) is -1.78. The van der Waals surface area contributed by atoms with Gasteiger partial charge in [-0.15, -0.1) is 0 Å². The molecule has 2 unspecified atom stereocenters. The van der Waals surface area contributed by atoms with E-state index in [1.807, 2.05) is 0 Å². The molecule has 35 heavy (non-hydrogen) atoms. The fourth-order valence-corrected chi connectivity index (χ4v) is 8.29. The maximum Gasteiger partial charge on any atom is 0.303 e. The molecule has 4 rings (SSSR count). The Morgan fingerprint density at radius 2 is 1.89 bits per heavy atom. The van der Waals surface area contributed by atoms with Crippen LogP contribution in [0.25, 0.3) is 0 Å². The molecule has 0 aromatic heterocycles. The van der Waals surface area contributed by atoms with Gasteiger partial charge in [-0.05, 0) is 80.0 Å². The third kappa shape index (κ3) is 4.24. The van der Waals surface area contributed by atoms with Crippen LogP contribution in [0.15, 0.2) is 23.8 Å². The number of carbonyl (C=O) groups excluding carboxylic acids is 1. The highest BCUT2D eigenvalue weighted by Crippen LogP contribution is 2.73. The first kappa shape index (κ1) is 26.9. The molecule has 5 heteroatoms. The van der Waals surface area contributed by atoms with Gasteiger partial charge in [0.2, 0.25) is 0 Å². The van der Waals surface area contributed by atoms with Crippen molar-refractivity contribution in [3.8, 4) is 0 Å². The van der Waals surface area contributed by atoms with Crippen molar-refractivity contribution in [2.75, 3.05) is 6.61 Å². The number of carbonyl (C=O) groups is 1. The SMILES string of the molecule is CC(=O)O[C@H]1C[C@@]2(O)CC2(C/C=C2\CCC[C@]3(C)[C@@H]([C@H](C)/C=C/[C@H](C)C(C)C)CC[C@@H]23)C1(O)CO. The van der Waals surface area contributed by atoms with Gasteiger partial charge in [0.1, 0.15) is 11.7 Å². The first-order chi connectivity index (χ1) is 16.3. The molecular formula is C30H48O5. The van der Waals surface area contributed by atoms with Crippen molar-refractivity contribution in [1.29, 1.82) is 0 Å². The van der Waals surface area contributed by atoms with E-state index in [0.717, 1.165) is 6.42 Å². The molecule has 0 aliphatic heterocycles. The molecule has 9 atom stereocenters. The summed E-state index contributed by atoms with van der Waals surface area (Å²) in [5, 5.41) is 32.8. The molecule has 5 nitrogen and oxygen atoms in total. The van der Waals surface area contributed by atoms with Crippen molar-refractivity contribution in [2.24, 2.45) is 40.4 Å². The topological polar surface area (TPSA) is 87.0 Å². The zero-order valence-corrected chi connectivity index (χ0v) is 22.7. The van der Waals surface area contributed by atoms with Gasteiger partial charge >= 0.3 is 5.97 Å². The predicted molar refractivity (Wildman–Crippen MR) is 137 cm³/mol. The van der Waals surface area contributed by atoms with Gasteiger partial charge in [-0.3, -0.25) is 4.79 Å². The summed E-state index contributed by atoms with van der Waals surface area (Å²) >= 11 is 0. The Kier molecular flexibility index (Phi) is 7.14. The molecule has 0 amide bonds. The number of esters is 1. The van der Waals surface area contributed by atoms with E-state index in [2.05, 4.69) is 52.8 Å². The fourth-order valence-electron chi connectivity index (χ4n) is 8.29. The molecule has 4 aliphatic rings. The minimum absolute atomic E-state index is 0.189. The lowest BCUT2D eigenvalue weighted by Crippen LogP contribution is -2.51. The first-order valence-corrected chi connectivity index (χ1v) is 13.9. The molecule has 3 N–H and O–H groups in total. The van der Waals surface area contributed by atoms with Crippen LogP contribution in [0.1, 0.15) is 92.9 Å². The highest BCUT2D eigenvalue weighted by molar-refractivity contribution is 5.66. The van der Waals surface area contributed by atoms with Crippen LogP contribution in [0.4, 0.5) is 0 Å². The van der Waals surface area contributed by atoms with Gasteiger partial charge in [-0.25, -0.2) is 0 Å². The van der Waals surface area contributed by atoms with Crippen LogP contribution in [0.5, 0.6) is 0 Å². The Hall–Kier alpha value is -1.17. The number of aliphatic hydroxyl groups excluding tert-OH is 1. The second-order valence-corrected chi connectivity index (χ2v) is 13.1. The standard InChI is InChI=1S/C30H48O5/c1-19(2)20(3)9-10-21(4)24-11-12-25-23(8-7-14-27(24,25)6)13-15-28-17-29(28,33)16-26(35-22(5)32)30(28,34)18-31/h9-10,13,19-21,24-26,31,33-34H,7-8,11-12,14-18H2,1-6H3/b10-9+,23-13+/t20-,21+,24+,25-,26-,27+,28?,29+,30?/m0/s1. The normalized spacial score (nSPS) is 45.5. The summed E-state index contributed by atoms with van der Waals surface area (Å²) in [7, 11) is 0. The predicted octanol–water partition coefficient (Wildman–Crippen LogP) is 5.18. The van der Waals surface area contributed by atoms with Gasteiger partial charge in [0.25, 0.3) is 0 Å². The molecule has 0 saturated heterocycles. The highest BCUT2D eigenvalue weighted by atomic mass is 16.6. The third-order valence-electron chi connectivity index (χ3n) is 10.9. The van der Waals surface area contributed by atoms with Crippen molar-refractivity contribution >= 4 is 5.97 Å². The van der Waals surface area contributed by atoms with E-state index in [4.69, 9.17) is 4.74 Å². The average Bonchev–Trinajstić information content (AvgIpc) is 3.15. The zero-order chi connectivity index (χ0) is 25.8. The van der Waals surface area contributed by atoms with Gasteiger partial charge in [0.15, 0.2) is 0 Å². The van der Waals surface area contributed by atoms with Crippen molar-refractivity contribution in [3.05, 3.63) is 23.8 Å². The van der Waals surface area contributed by atoms with Crippen LogP contribution < -0.4 is 0 Å². The van der Waals surface area contributed by atoms with E-state index in [-0.39, 0.29) is 11.8 Å². The number of ether oxygens (including phenoxy) is 1. The number of hydrogen-bond donors (Lipinski definition) is 3. The molecule has 0 aromatic rings. The molecule has 4 saturated carbocycles. The summed E-state index contributed by atoms with van der Waals surface area (Å²) in [6.45, 7) is 12.5. The molecule has 0 aromatic carbocycles. The maximum absolute atomic E-state index is 11.6. The lowest BCUT2D eigenvalue weighted by molar-refractivity contribution is -0.175. The molecule has 0 bridgehead atoms. The Labute approximate surface area is 212 Å². The van der Waals surface area contributed by atoms with Crippen molar-refractivity contribution in [1.82, 2.24) is 0 Å². The minimum Gasteiger partial charge on any atom is -0.459 e. The lowest BCUT2D eigenvalue weighted by Gasteiger charge is -2.44. The van der Waals surface area contributed by atoms with Crippen molar-refractivity contribution in [3.63, 3.8) is 0 Å². The van der Waals surface area contributed by atoms with Gasteiger partial charge in [0.05, 0.1) is 12.2 Å². The lowest BCUT2D eigenvalue weighted by atomic mass is 9.61. The van der Waals surface area contributed by atoms with E-state index in [9.17, 15) is 20.1 Å². The number of fused-ring (bicyclic) bond motifs is 2. The Balaban J connectivity index is 1.52. The molecule has 0 radical (unpaired) electrons. The Morgan fingerprint density at radius 1 is 1.17 bits per heavy atom. The number of allylic oxidation sites excluding steroid dienone is 4. The summed E-state index contributed by atoms with van der Waals surface area (Å²) in [4.78, 5) is 11.6.